The molecule has 0 bridgehead atoms. The van der Waals surface area contributed by atoms with Crippen LogP contribution in [0.5, 0.6) is 0 Å². The van der Waals surface area contributed by atoms with Gasteiger partial charge >= 0.3 is 0 Å². The molecule has 90 valence electrons. The predicted molar refractivity (Wildman–Crippen MR) is 82.7 cm³/mol. The van der Waals surface area contributed by atoms with E-state index in [1.807, 2.05) is 6.07 Å². The largest absolute Gasteiger partial charge is 0.463 e. The smallest absolute Gasteiger partial charge is 0.196 e. The third-order valence-electron chi connectivity index (χ3n) is 2.76. The molecule has 0 aliphatic heterocycles. The predicted octanol–water partition coefficient (Wildman–Crippen LogP) is 2.92. The first-order chi connectivity index (χ1) is 8.21. The van der Waals surface area contributed by atoms with Crippen LogP contribution in [0.1, 0.15) is 16.7 Å². The van der Waals surface area contributed by atoms with Crippen LogP contribution in [-0.4, -0.2) is 0 Å². The Morgan fingerprint density at radius 3 is 2.29 bits per heavy atom. The zero-order valence-electron chi connectivity index (χ0n) is 9.40. The van der Waals surface area contributed by atoms with Gasteiger partial charge in [-0.15, -0.1) is 27.7 Å². The van der Waals surface area contributed by atoms with Gasteiger partial charge in [0.25, 0.3) is 0 Å². The molecule has 0 spiro atoms. The summed E-state index contributed by atoms with van der Waals surface area (Å²) < 4.78 is 5.60. The molecule has 2 rings (SSSR count). The van der Waals surface area contributed by atoms with Crippen molar-refractivity contribution in [3.05, 3.63) is 45.3 Å². The summed E-state index contributed by atoms with van der Waals surface area (Å²) in [5.41, 5.74) is 3.72. The minimum Gasteiger partial charge on any atom is -0.463 e. The highest BCUT2D eigenvalue weighted by Crippen LogP contribution is 2.23. The lowest BCUT2D eigenvalue weighted by atomic mass is 10.1. The maximum atomic E-state index is 12.2. The van der Waals surface area contributed by atoms with E-state index in [9.17, 15) is 4.79 Å². The molecule has 0 N–H and O–H groups in total. The SMILES string of the molecule is O=c1c(CP)coc2c(CP)cc(CP)cc12. The summed E-state index contributed by atoms with van der Waals surface area (Å²) in [6.07, 6.45) is 3.83. The van der Waals surface area contributed by atoms with E-state index in [4.69, 9.17) is 4.42 Å². The molecule has 0 aliphatic rings. The zero-order chi connectivity index (χ0) is 12.4. The summed E-state index contributed by atoms with van der Waals surface area (Å²) >= 11 is 0. The van der Waals surface area contributed by atoms with Crippen molar-refractivity contribution in [2.24, 2.45) is 0 Å². The molecular formula is C12H15O2P3. The molecule has 0 aliphatic carbocycles. The molecule has 0 fully saturated rings. The van der Waals surface area contributed by atoms with E-state index < -0.39 is 0 Å². The van der Waals surface area contributed by atoms with E-state index in [0.717, 1.165) is 29.0 Å². The van der Waals surface area contributed by atoms with E-state index >= 15 is 0 Å². The first-order valence-electron chi connectivity index (χ1n) is 5.37. The topological polar surface area (TPSA) is 30.2 Å². The normalized spacial score (nSPS) is 11.0. The molecule has 3 unspecified atom stereocenters. The summed E-state index contributed by atoms with van der Waals surface area (Å²) in [7, 11) is 7.92. The van der Waals surface area contributed by atoms with Gasteiger partial charge in [-0.25, -0.2) is 0 Å². The Morgan fingerprint density at radius 2 is 1.71 bits per heavy atom. The lowest BCUT2D eigenvalue weighted by molar-refractivity contribution is 0.593. The van der Waals surface area contributed by atoms with Crippen LogP contribution in [-0.2, 0) is 18.5 Å². The Labute approximate surface area is 107 Å². The summed E-state index contributed by atoms with van der Waals surface area (Å²) in [5.74, 6) is 0. The Kier molecular flexibility index (Phi) is 4.31. The van der Waals surface area contributed by atoms with Gasteiger partial charge in [0.2, 0.25) is 0 Å². The van der Waals surface area contributed by atoms with Gasteiger partial charge in [0.15, 0.2) is 5.43 Å². The van der Waals surface area contributed by atoms with Gasteiger partial charge in [0.05, 0.1) is 11.6 Å². The van der Waals surface area contributed by atoms with Crippen molar-refractivity contribution in [1.29, 1.82) is 0 Å². The molecule has 0 amide bonds. The van der Waals surface area contributed by atoms with Crippen LogP contribution >= 0.6 is 27.7 Å². The number of benzene rings is 1. The highest BCUT2D eigenvalue weighted by molar-refractivity contribution is 7.15. The minimum atomic E-state index is 0.0845. The third-order valence-corrected chi connectivity index (χ3v) is 4.11. The Morgan fingerprint density at radius 1 is 1.00 bits per heavy atom. The molecule has 2 nitrogen and oxygen atoms in total. The highest BCUT2D eigenvalue weighted by atomic mass is 31.0. The first-order valence-corrected chi connectivity index (χ1v) is 7.82. The van der Waals surface area contributed by atoms with Gasteiger partial charge < -0.3 is 4.42 Å². The highest BCUT2D eigenvalue weighted by Gasteiger charge is 2.10. The van der Waals surface area contributed by atoms with Crippen molar-refractivity contribution in [1.82, 2.24) is 0 Å². The zero-order valence-corrected chi connectivity index (χ0v) is 12.9. The van der Waals surface area contributed by atoms with Crippen molar-refractivity contribution in [3.8, 4) is 0 Å². The van der Waals surface area contributed by atoms with Gasteiger partial charge in [-0.3, -0.25) is 4.79 Å². The molecule has 2 aromatic rings. The lowest BCUT2D eigenvalue weighted by Gasteiger charge is -2.07. The van der Waals surface area contributed by atoms with Gasteiger partial charge in [-0.1, -0.05) is 6.07 Å². The number of hydrogen-bond acceptors (Lipinski definition) is 2. The maximum absolute atomic E-state index is 12.2. The van der Waals surface area contributed by atoms with Crippen molar-refractivity contribution in [2.45, 2.75) is 18.5 Å². The van der Waals surface area contributed by atoms with Gasteiger partial charge in [0, 0.05) is 5.56 Å². The van der Waals surface area contributed by atoms with Crippen molar-refractivity contribution < 1.29 is 4.42 Å². The Hall–Kier alpha value is -0.280. The van der Waals surface area contributed by atoms with E-state index in [1.54, 1.807) is 6.26 Å². The van der Waals surface area contributed by atoms with Crippen LogP contribution in [0.25, 0.3) is 11.0 Å². The van der Waals surface area contributed by atoms with Gasteiger partial charge in [-0.2, -0.15) is 0 Å². The van der Waals surface area contributed by atoms with Crippen molar-refractivity contribution >= 4 is 38.7 Å². The molecule has 1 heterocycles. The molecular weight excluding hydrogens is 269 g/mol. The Bertz CT molecular complexity index is 604. The standard InChI is InChI=1S/C12H15O2P3/c13-11-9(6-17)3-14-12-8(5-16)1-7(4-15)2-10(11)12/h1-3H,4-6,15-17H2. The van der Waals surface area contributed by atoms with E-state index in [1.165, 1.54) is 0 Å². The second-order valence-electron chi connectivity index (χ2n) is 3.83. The van der Waals surface area contributed by atoms with Gasteiger partial charge in [-0.05, 0) is 35.7 Å². The minimum absolute atomic E-state index is 0.0845. The number of fused-ring (bicyclic) bond motifs is 1. The van der Waals surface area contributed by atoms with E-state index in [0.29, 0.717) is 17.1 Å². The fourth-order valence-electron chi connectivity index (χ4n) is 1.83. The quantitative estimate of drug-likeness (QED) is 0.811. The van der Waals surface area contributed by atoms with Crippen LogP contribution in [0.2, 0.25) is 0 Å². The molecule has 0 saturated heterocycles. The monoisotopic (exact) mass is 284 g/mol. The molecule has 0 saturated carbocycles. The fourth-order valence-corrected chi connectivity index (χ4v) is 2.65. The maximum Gasteiger partial charge on any atom is 0.196 e. The average Bonchev–Trinajstić information content (AvgIpc) is 2.38. The summed E-state index contributed by atoms with van der Waals surface area (Å²) in [6, 6.07) is 4.02. The molecule has 0 radical (unpaired) electrons. The third kappa shape index (κ3) is 2.45. The van der Waals surface area contributed by atoms with Crippen LogP contribution in [0.3, 0.4) is 0 Å². The second-order valence-corrected chi connectivity index (χ2v) is 5.06. The molecule has 5 heteroatoms. The molecule has 1 aromatic heterocycles. The summed E-state index contributed by atoms with van der Waals surface area (Å²) in [6.45, 7) is 0. The first kappa shape index (κ1) is 13.2. The van der Waals surface area contributed by atoms with E-state index in [-0.39, 0.29) is 5.43 Å². The van der Waals surface area contributed by atoms with E-state index in [2.05, 4.69) is 33.8 Å². The van der Waals surface area contributed by atoms with Crippen molar-refractivity contribution in [3.63, 3.8) is 0 Å². The molecule has 3 atom stereocenters. The number of hydrogen-bond donors (Lipinski definition) is 0. The van der Waals surface area contributed by atoms with Gasteiger partial charge in [0.1, 0.15) is 5.58 Å². The van der Waals surface area contributed by atoms with Crippen LogP contribution in [0.4, 0.5) is 0 Å². The molecule has 17 heavy (non-hydrogen) atoms. The fraction of sp³-hybridized carbons (Fsp3) is 0.250. The van der Waals surface area contributed by atoms with Crippen LogP contribution < -0.4 is 5.43 Å². The average molecular weight is 284 g/mol. The number of rotatable bonds is 3. The summed E-state index contributed by atoms with van der Waals surface area (Å²) in [4.78, 5) is 12.2. The molecule has 1 aromatic carbocycles. The van der Waals surface area contributed by atoms with Crippen molar-refractivity contribution in [2.75, 3.05) is 0 Å². The lowest BCUT2D eigenvalue weighted by Crippen LogP contribution is -2.08. The van der Waals surface area contributed by atoms with Crippen LogP contribution in [0.15, 0.2) is 27.6 Å². The van der Waals surface area contributed by atoms with Crippen LogP contribution in [0, 0.1) is 0 Å². The summed E-state index contributed by atoms with van der Waals surface area (Å²) in [5, 5.41) is 0.697. The Balaban J connectivity index is 2.85. The second kappa shape index (κ2) is 5.57.